The van der Waals surface area contributed by atoms with E-state index >= 15 is 0 Å². The molecule has 32 valence electrons. The van der Waals surface area contributed by atoms with E-state index in [1.165, 1.54) is 0 Å². The fraction of sp³-hybridized carbons (Fsp3) is 0. The van der Waals surface area contributed by atoms with Gasteiger partial charge in [0.25, 0.3) is 0 Å². The van der Waals surface area contributed by atoms with Gasteiger partial charge in [0, 0.05) is 0 Å². The van der Waals surface area contributed by atoms with Crippen molar-refractivity contribution < 1.29 is 57.5 Å². The van der Waals surface area contributed by atoms with Gasteiger partial charge < -0.3 is 21.9 Å². The molecule has 0 aliphatic rings. The minimum Gasteiger partial charge on any atom is -2.00 e. The summed E-state index contributed by atoms with van der Waals surface area (Å²) in [6, 6.07) is 0. The Morgan fingerprint density at radius 3 is 0.571 bits per heavy atom. The second-order valence-electron chi connectivity index (χ2n) is 0. The maximum absolute atomic E-state index is 0. The topological polar surface area (TPSA) is 114 Å². The molecule has 7 heavy (non-hydrogen) atoms. The SMILES string of the molecule is [Ga+3].[La+3].[O-2].[O-2].[O-2].[O-2].[Sr+2]. The molecular weight excluding hydrogens is 360 g/mol. The van der Waals surface area contributed by atoms with Crippen molar-refractivity contribution in [3.8, 4) is 0 Å². The molecule has 0 amide bonds. The van der Waals surface area contributed by atoms with E-state index in [9.17, 15) is 0 Å². The minimum atomic E-state index is 0. The summed E-state index contributed by atoms with van der Waals surface area (Å²) in [6.07, 6.45) is 0. The van der Waals surface area contributed by atoms with Gasteiger partial charge in [0.1, 0.15) is 0 Å². The van der Waals surface area contributed by atoms with Crippen molar-refractivity contribution in [3.05, 3.63) is 0 Å². The van der Waals surface area contributed by atoms with Crippen LogP contribution in [0.1, 0.15) is 0 Å². The van der Waals surface area contributed by atoms with Gasteiger partial charge in [-0.25, -0.2) is 0 Å². The van der Waals surface area contributed by atoms with Crippen LogP contribution >= 0.6 is 0 Å². The van der Waals surface area contributed by atoms with Gasteiger partial charge in [-0.1, -0.05) is 0 Å². The summed E-state index contributed by atoms with van der Waals surface area (Å²) in [6.45, 7) is 0. The van der Waals surface area contributed by atoms with E-state index in [0.717, 1.165) is 0 Å². The molecule has 0 bridgehead atoms. The zero-order valence-electron chi connectivity index (χ0n) is 3.49. The van der Waals surface area contributed by atoms with E-state index < -0.39 is 0 Å². The first kappa shape index (κ1) is 85.6. The first-order chi connectivity index (χ1) is 0. The summed E-state index contributed by atoms with van der Waals surface area (Å²) in [5, 5.41) is 0. The van der Waals surface area contributed by atoms with Gasteiger partial charge in [-0.3, -0.25) is 0 Å². The van der Waals surface area contributed by atoms with E-state index in [0.29, 0.717) is 0 Å². The van der Waals surface area contributed by atoms with Crippen molar-refractivity contribution in [2.75, 3.05) is 0 Å². The Kier molecular flexibility index (Phi) is 749. The van der Waals surface area contributed by atoms with Crippen LogP contribution in [0.3, 0.4) is 0 Å². The molecule has 0 N–H and O–H groups in total. The van der Waals surface area contributed by atoms with Gasteiger partial charge >= 0.3 is 101 Å². The standard InChI is InChI=1S/Ga.La.4O.Sr/q2*+3;4*-2;+2. The Labute approximate surface area is 120 Å². The maximum Gasteiger partial charge on any atom is 3.00 e. The van der Waals surface area contributed by atoms with E-state index in [-0.39, 0.29) is 123 Å². The van der Waals surface area contributed by atoms with Gasteiger partial charge in [0.05, 0.1) is 0 Å². The summed E-state index contributed by atoms with van der Waals surface area (Å²) in [4.78, 5) is 0. The first-order valence-electron chi connectivity index (χ1n) is 0. The number of hydrogen-bond donors (Lipinski definition) is 0. The Bertz CT molecular complexity index is 11.7. The zero-order chi connectivity index (χ0) is 0. The monoisotopic (exact) mass is 360 g/mol. The van der Waals surface area contributed by atoms with Gasteiger partial charge in [-0.2, -0.15) is 0 Å². The fourth-order valence-electron chi connectivity index (χ4n) is 0. The second kappa shape index (κ2) is 61.2. The summed E-state index contributed by atoms with van der Waals surface area (Å²) in [5.41, 5.74) is 0. The largest absolute Gasteiger partial charge is 3.00 e. The van der Waals surface area contributed by atoms with E-state index in [1.54, 1.807) is 0 Å². The van der Waals surface area contributed by atoms with Gasteiger partial charge in [0.2, 0.25) is 0 Å². The predicted octanol–water partition coefficient (Wildman–Crippen LogP) is -1.24. The average molecular weight is 360 g/mol. The molecular formula is GaLaO4Sr. The van der Waals surface area contributed by atoms with E-state index in [4.69, 9.17) is 0 Å². The van der Waals surface area contributed by atoms with Crippen LogP contribution in [0.4, 0.5) is 0 Å². The van der Waals surface area contributed by atoms with Crippen LogP contribution in [-0.4, -0.2) is 65.3 Å². The molecule has 0 fully saturated rings. The number of rotatable bonds is 0. The molecule has 0 unspecified atom stereocenters. The molecule has 7 heteroatoms. The summed E-state index contributed by atoms with van der Waals surface area (Å²) in [5.74, 6) is 0. The van der Waals surface area contributed by atoms with Crippen LogP contribution < -0.4 is 0 Å². The molecule has 0 aromatic carbocycles. The maximum atomic E-state index is 0. The van der Waals surface area contributed by atoms with Gasteiger partial charge in [-0.15, -0.1) is 0 Å². The van der Waals surface area contributed by atoms with Crippen molar-refractivity contribution >= 4 is 65.3 Å². The Balaban J connectivity index is 0. The molecule has 0 aliphatic carbocycles. The van der Waals surface area contributed by atoms with Crippen LogP contribution in [0, 0.1) is 35.6 Å². The van der Waals surface area contributed by atoms with Crippen LogP contribution in [0.25, 0.3) is 0 Å². The third kappa shape index (κ3) is 47.1. The van der Waals surface area contributed by atoms with Crippen LogP contribution in [0.15, 0.2) is 0 Å². The first-order valence-corrected chi connectivity index (χ1v) is 0. The molecule has 0 radical (unpaired) electrons. The average Bonchev–Trinajstić information content (AvgIpc) is 0. The van der Waals surface area contributed by atoms with Gasteiger partial charge in [0.15, 0.2) is 0 Å². The zero-order valence-corrected chi connectivity index (χ0v) is 13.0. The van der Waals surface area contributed by atoms with Crippen molar-refractivity contribution in [2.45, 2.75) is 0 Å². The van der Waals surface area contributed by atoms with Crippen LogP contribution in [0.5, 0.6) is 0 Å². The third-order valence-corrected chi connectivity index (χ3v) is 0. The molecule has 0 heterocycles. The number of hydrogen-bond acceptors (Lipinski definition) is 0. The molecule has 0 aromatic rings. The quantitative estimate of drug-likeness (QED) is 0.481. The minimum absolute atomic E-state index is 0. The molecule has 0 aliphatic heterocycles. The second-order valence-corrected chi connectivity index (χ2v) is 0. The van der Waals surface area contributed by atoms with Crippen molar-refractivity contribution in [3.63, 3.8) is 0 Å². The van der Waals surface area contributed by atoms with Crippen molar-refractivity contribution in [2.24, 2.45) is 0 Å². The summed E-state index contributed by atoms with van der Waals surface area (Å²) >= 11 is 0. The molecule has 0 rings (SSSR count). The fourth-order valence-corrected chi connectivity index (χ4v) is 0. The third-order valence-electron chi connectivity index (χ3n) is 0. The van der Waals surface area contributed by atoms with Crippen molar-refractivity contribution in [1.82, 2.24) is 0 Å². The molecule has 0 aromatic heterocycles. The normalized spacial score (nSPS) is 0. The van der Waals surface area contributed by atoms with Crippen molar-refractivity contribution in [1.29, 1.82) is 0 Å². The predicted molar refractivity (Wildman–Crippen MR) is 14.3 cm³/mol. The molecule has 0 atom stereocenters. The van der Waals surface area contributed by atoms with Crippen LogP contribution in [-0.2, 0) is 21.9 Å². The van der Waals surface area contributed by atoms with E-state index in [1.807, 2.05) is 0 Å². The molecule has 0 saturated carbocycles. The Morgan fingerprint density at radius 2 is 0.571 bits per heavy atom. The summed E-state index contributed by atoms with van der Waals surface area (Å²) in [7, 11) is 0. The molecule has 0 spiro atoms. The van der Waals surface area contributed by atoms with Gasteiger partial charge in [-0.05, 0) is 0 Å². The molecule has 4 nitrogen and oxygen atoms in total. The summed E-state index contributed by atoms with van der Waals surface area (Å²) < 4.78 is 0. The Hall–Kier alpha value is 3.15. The van der Waals surface area contributed by atoms with E-state index in [2.05, 4.69) is 0 Å². The van der Waals surface area contributed by atoms with Crippen LogP contribution in [0.2, 0.25) is 0 Å². The molecule has 0 saturated heterocycles. The smallest absolute Gasteiger partial charge is 2.00 e. The Morgan fingerprint density at radius 1 is 0.571 bits per heavy atom.